The fourth-order valence-corrected chi connectivity index (χ4v) is 3.97. The van der Waals surface area contributed by atoms with E-state index in [1.165, 1.54) is 24.1 Å². The molecule has 0 fully saturated rings. The molecule has 7 heteroatoms. The molecule has 0 aromatic heterocycles. The number of anilines is 1. The number of nitrogens with zero attached hydrogens (tertiary/aromatic N) is 1. The lowest BCUT2D eigenvalue weighted by atomic mass is 10.1. The van der Waals surface area contributed by atoms with Crippen LogP contribution in [0.1, 0.15) is 6.42 Å². The van der Waals surface area contributed by atoms with Crippen molar-refractivity contribution in [1.82, 2.24) is 0 Å². The minimum Gasteiger partial charge on any atom is -0.481 e. The lowest BCUT2D eigenvalue weighted by Crippen LogP contribution is -2.44. The van der Waals surface area contributed by atoms with E-state index in [9.17, 15) is 17.6 Å². The molecule has 1 atom stereocenters. The van der Waals surface area contributed by atoms with Crippen LogP contribution in [0.15, 0.2) is 23.1 Å². The van der Waals surface area contributed by atoms with Gasteiger partial charge < -0.3 is 10.0 Å². The van der Waals surface area contributed by atoms with Gasteiger partial charge in [0.25, 0.3) is 0 Å². The third-order valence-corrected chi connectivity index (χ3v) is 4.83. The van der Waals surface area contributed by atoms with Crippen LogP contribution in [0.5, 0.6) is 0 Å². The van der Waals surface area contributed by atoms with Crippen molar-refractivity contribution in [2.75, 3.05) is 17.7 Å². The van der Waals surface area contributed by atoms with Crippen LogP contribution in [0.25, 0.3) is 0 Å². The zero-order valence-electron chi connectivity index (χ0n) is 9.63. The van der Waals surface area contributed by atoms with Crippen molar-refractivity contribution in [2.45, 2.75) is 17.4 Å². The summed E-state index contributed by atoms with van der Waals surface area (Å²) >= 11 is 0. The number of aliphatic carboxylic acids is 1. The van der Waals surface area contributed by atoms with E-state index in [0.717, 1.165) is 6.07 Å². The smallest absolute Gasteiger partial charge is 0.305 e. The normalized spacial score (nSPS) is 21.4. The molecule has 1 aromatic rings. The quantitative estimate of drug-likeness (QED) is 0.866. The summed E-state index contributed by atoms with van der Waals surface area (Å²) in [5.74, 6) is -2.08. The van der Waals surface area contributed by atoms with Crippen LogP contribution in [-0.2, 0) is 14.6 Å². The van der Waals surface area contributed by atoms with Gasteiger partial charge in [-0.25, -0.2) is 12.8 Å². The van der Waals surface area contributed by atoms with Gasteiger partial charge in [0.1, 0.15) is 5.82 Å². The Hall–Kier alpha value is -1.63. The van der Waals surface area contributed by atoms with Crippen molar-refractivity contribution in [2.24, 2.45) is 0 Å². The summed E-state index contributed by atoms with van der Waals surface area (Å²) in [6.07, 6.45) is -0.344. The standard InChI is InChI=1S/C11H12FNO4S/c1-13-7(5-10(14)15)6-18(16,17)9-4-2-3-8(12)11(9)13/h2-4,7H,5-6H2,1H3,(H,14,15). The maximum Gasteiger partial charge on any atom is 0.305 e. The maximum absolute atomic E-state index is 13.7. The van der Waals surface area contributed by atoms with E-state index in [0.29, 0.717) is 0 Å². The van der Waals surface area contributed by atoms with Crippen molar-refractivity contribution in [3.05, 3.63) is 24.0 Å². The van der Waals surface area contributed by atoms with Crippen LogP contribution < -0.4 is 4.90 Å². The van der Waals surface area contributed by atoms with E-state index in [1.807, 2.05) is 0 Å². The number of para-hydroxylation sites is 1. The lowest BCUT2D eigenvalue weighted by Gasteiger charge is -2.34. The molecule has 2 rings (SSSR count). The molecule has 0 saturated heterocycles. The van der Waals surface area contributed by atoms with E-state index in [2.05, 4.69) is 0 Å². The van der Waals surface area contributed by atoms with E-state index in [1.54, 1.807) is 0 Å². The van der Waals surface area contributed by atoms with E-state index >= 15 is 0 Å². The third kappa shape index (κ3) is 2.05. The maximum atomic E-state index is 13.7. The van der Waals surface area contributed by atoms with Gasteiger partial charge in [0.2, 0.25) is 0 Å². The first-order chi connectivity index (χ1) is 8.33. The highest BCUT2D eigenvalue weighted by molar-refractivity contribution is 7.91. The molecule has 1 aromatic carbocycles. The molecular formula is C11H12FNO4S. The molecule has 1 heterocycles. The van der Waals surface area contributed by atoms with Crippen LogP contribution in [-0.4, -0.2) is 38.3 Å². The van der Waals surface area contributed by atoms with Crippen molar-refractivity contribution in [3.8, 4) is 0 Å². The zero-order chi connectivity index (χ0) is 13.5. The highest BCUT2D eigenvalue weighted by Crippen LogP contribution is 2.35. The fourth-order valence-electron chi connectivity index (χ4n) is 2.12. The van der Waals surface area contributed by atoms with Gasteiger partial charge in [0.15, 0.2) is 9.84 Å². The number of carboxylic acid groups (broad SMARTS) is 1. The molecule has 0 radical (unpaired) electrons. The molecule has 98 valence electrons. The van der Waals surface area contributed by atoms with Gasteiger partial charge in [-0.3, -0.25) is 4.79 Å². The summed E-state index contributed by atoms with van der Waals surface area (Å²) in [4.78, 5) is 12.0. The highest BCUT2D eigenvalue weighted by atomic mass is 32.2. The fraction of sp³-hybridized carbons (Fsp3) is 0.364. The second-order valence-electron chi connectivity index (χ2n) is 4.23. The molecular weight excluding hydrogens is 261 g/mol. The number of halogens is 1. The molecule has 0 saturated carbocycles. The average Bonchev–Trinajstić information content (AvgIpc) is 2.24. The molecule has 1 unspecified atom stereocenters. The Balaban J connectivity index is 2.56. The molecule has 1 aliphatic heterocycles. The number of hydrogen-bond donors (Lipinski definition) is 1. The van der Waals surface area contributed by atoms with Crippen molar-refractivity contribution in [3.63, 3.8) is 0 Å². The first-order valence-corrected chi connectivity index (χ1v) is 6.94. The van der Waals surface area contributed by atoms with E-state index in [4.69, 9.17) is 5.11 Å². The molecule has 5 nitrogen and oxygen atoms in total. The molecule has 0 aliphatic carbocycles. The Kier molecular flexibility index (Phi) is 3.02. The number of carboxylic acids is 1. The Morgan fingerprint density at radius 1 is 1.56 bits per heavy atom. The van der Waals surface area contributed by atoms with Crippen LogP contribution in [0.2, 0.25) is 0 Å². The topological polar surface area (TPSA) is 74.7 Å². The first kappa shape index (κ1) is 12.8. The SMILES string of the molecule is CN1c2c(F)cccc2S(=O)(=O)CC1CC(=O)O. The number of hydrogen-bond acceptors (Lipinski definition) is 4. The van der Waals surface area contributed by atoms with Crippen molar-refractivity contribution < 1.29 is 22.7 Å². The number of carbonyl (C=O) groups is 1. The van der Waals surface area contributed by atoms with Gasteiger partial charge in [-0.05, 0) is 12.1 Å². The molecule has 1 N–H and O–H groups in total. The van der Waals surface area contributed by atoms with Gasteiger partial charge in [-0.15, -0.1) is 0 Å². The Bertz CT molecular complexity index is 599. The zero-order valence-corrected chi connectivity index (χ0v) is 10.4. The first-order valence-electron chi connectivity index (χ1n) is 5.29. The second kappa shape index (κ2) is 4.24. The largest absolute Gasteiger partial charge is 0.481 e. The predicted molar refractivity (Wildman–Crippen MR) is 62.9 cm³/mol. The minimum atomic E-state index is -3.64. The summed E-state index contributed by atoms with van der Waals surface area (Å²) in [6, 6.07) is 3.07. The van der Waals surface area contributed by atoms with Crippen LogP contribution in [0, 0.1) is 5.82 Å². The Morgan fingerprint density at radius 3 is 2.83 bits per heavy atom. The van der Waals surface area contributed by atoms with Crippen LogP contribution >= 0.6 is 0 Å². The molecule has 1 aliphatic rings. The summed E-state index contributed by atoms with van der Waals surface area (Å²) < 4.78 is 37.7. The summed E-state index contributed by atoms with van der Waals surface area (Å²) in [5, 5.41) is 8.76. The van der Waals surface area contributed by atoms with Crippen molar-refractivity contribution in [1.29, 1.82) is 0 Å². The molecule has 18 heavy (non-hydrogen) atoms. The van der Waals surface area contributed by atoms with Crippen LogP contribution in [0.3, 0.4) is 0 Å². The summed E-state index contributed by atoms with van der Waals surface area (Å²) in [7, 11) is -2.13. The Morgan fingerprint density at radius 2 is 2.22 bits per heavy atom. The van der Waals surface area contributed by atoms with Gasteiger partial charge >= 0.3 is 5.97 Å². The number of rotatable bonds is 2. The third-order valence-electron chi connectivity index (χ3n) is 3.01. The molecule has 0 bridgehead atoms. The molecule has 0 amide bonds. The average molecular weight is 273 g/mol. The number of sulfone groups is 1. The van der Waals surface area contributed by atoms with Crippen molar-refractivity contribution >= 4 is 21.5 Å². The summed E-state index contributed by atoms with van der Waals surface area (Å²) in [6.45, 7) is 0. The Labute approximate surface area is 104 Å². The molecule has 0 spiro atoms. The van der Waals surface area contributed by atoms with Gasteiger partial charge in [0.05, 0.1) is 28.8 Å². The summed E-state index contributed by atoms with van der Waals surface area (Å²) in [5.41, 5.74) is -0.0463. The van der Waals surface area contributed by atoms with E-state index < -0.39 is 27.7 Å². The minimum absolute atomic E-state index is 0.0463. The predicted octanol–water partition coefficient (Wildman–Crippen LogP) is 0.893. The van der Waals surface area contributed by atoms with Crippen LogP contribution in [0.4, 0.5) is 10.1 Å². The number of benzene rings is 1. The number of fused-ring (bicyclic) bond motifs is 1. The van der Waals surface area contributed by atoms with Gasteiger partial charge in [-0.2, -0.15) is 0 Å². The highest BCUT2D eigenvalue weighted by Gasteiger charge is 2.36. The van der Waals surface area contributed by atoms with E-state index in [-0.39, 0.29) is 22.8 Å². The van der Waals surface area contributed by atoms with Gasteiger partial charge in [-0.1, -0.05) is 6.07 Å². The van der Waals surface area contributed by atoms with Gasteiger partial charge in [0, 0.05) is 7.05 Å². The monoisotopic (exact) mass is 273 g/mol. The second-order valence-corrected chi connectivity index (χ2v) is 6.23. The lowest BCUT2D eigenvalue weighted by molar-refractivity contribution is -0.137.